The third-order valence-corrected chi connectivity index (χ3v) is 4.12. The molecule has 1 unspecified atom stereocenters. The molecule has 8 nitrogen and oxygen atoms in total. The fraction of sp³-hybridized carbons (Fsp3) is 0.0714. The molecule has 3 aromatic heterocycles. The van der Waals surface area contributed by atoms with Crippen molar-refractivity contribution >= 4 is 16.6 Å². The first-order valence-corrected chi connectivity index (χ1v) is 8.30. The molecule has 0 aliphatic heterocycles. The topological polar surface area (TPSA) is 90.9 Å². The van der Waals surface area contributed by atoms with Gasteiger partial charge in [-0.3, -0.25) is 8.78 Å². The largest absolute Gasteiger partial charge is 0.258 e. The molecule has 4 aromatic rings. The van der Waals surface area contributed by atoms with Crippen LogP contribution in [0.15, 0.2) is 54.2 Å². The van der Waals surface area contributed by atoms with E-state index in [2.05, 4.69) is 25.3 Å². The standard InChI is InChI=1S/C14H11N7OS/c1-23(22)14-19-16-9-20(14)12-7-11(10-5-3-2-4-6-10)18-13-15-8-17-21(12)13/h2-9H,1H3. The Kier molecular flexibility index (Phi) is 3.19. The molecule has 0 aliphatic carbocycles. The summed E-state index contributed by atoms with van der Waals surface area (Å²) in [6, 6.07) is 11.6. The minimum absolute atomic E-state index is 0.340. The molecule has 9 heteroatoms. The number of hydrogen-bond donors (Lipinski definition) is 0. The Hall–Kier alpha value is -2.94. The molecule has 0 radical (unpaired) electrons. The fourth-order valence-electron chi connectivity index (χ4n) is 2.30. The van der Waals surface area contributed by atoms with E-state index >= 15 is 0 Å². The van der Waals surface area contributed by atoms with Crippen molar-refractivity contribution < 1.29 is 4.21 Å². The second-order valence-electron chi connectivity index (χ2n) is 4.78. The molecule has 0 saturated carbocycles. The summed E-state index contributed by atoms with van der Waals surface area (Å²) in [6.07, 6.45) is 4.48. The average molecular weight is 325 g/mol. The van der Waals surface area contributed by atoms with Crippen LogP contribution in [0.2, 0.25) is 0 Å². The summed E-state index contributed by atoms with van der Waals surface area (Å²) in [4.78, 5) is 8.67. The zero-order chi connectivity index (χ0) is 15.8. The van der Waals surface area contributed by atoms with E-state index in [1.807, 2.05) is 36.4 Å². The quantitative estimate of drug-likeness (QED) is 0.560. The highest BCUT2D eigenvalue weighted by Crippen LogP contribution is 2.21. The zero-order valence-electron chi connectivity index (χ0n) is 12.1. The average Bonchev–Trinajstić information content (AvgIpc) is 3.23. The van der Waals surface area contributed by atoms with Crippen LogP contribution >= 0.6 is 0 Å². The van der Waals surface area contributed by atoms with Crippen LogP contribution in [0, 0.1) is 0 Å². The summed E-state index contributed by atoms with van der Waals surface area (Å²) in [5.74, 6) is 1.07. The van der Waals surface area contributed by atoms with Crippen molar-refractivity contribution in [2.24, 2.45) is 0 Å². The van der Waals surface area contributed by atoms with Crippen LogP contribution in [0.5, 0.6) is 0 Å². The van der Waals surface area contributed by atoms with Gasteiger partial charge in [0, 0.05) is 17.9 Å². The summed E-state index contributed by atoms with van der Waals surface area (Å²) in [5, 5.41) is 12.3. The van der Waals surface area contributed by atoms with Gasteiger partial charge in [0.25, 0.3) is 5.78 Å². The van der Waals surface area contributed by atoms with Crippen molar-refractivity contribution in [2.75, 3.05) is 6.26 Å². The van der Waals surface area contributed by atoms with E-state index in [0.29, 0.717) is 16.8 Å². The van der Waals surface area contributed by atoms with Crippen molar-refractivity contribution in [1.29, 1.82) is 0 Å². The lowest BCUT2D eigenvalue weighted by molar-refractivity contribution is 0.673. The zero-order valence-corrected chi connectivity index (χ0v) is 12.9. The molecular weight excluding hydrogens is 314 g/mol. The van der Waals surface area contributed by atoms with Crippen molar-refractivity contribution in [3.05, 3.63) is 49.1 Å². The molecule has 0 N–H and O–H groups in total. The summed E-state index contributed by atoms with van der Waals surface area (Å²) >= 11 is 0. The van der Waals surface area contributed by atoms with E-state index in [-0.39, 0.29) is 0 Å². The van der Waals surface area contributed by atoms with Gasteiger partial charge in [0.05, 0.1) is 16.5 Å². The lowest BCUT2D eigenvalue weighted by Crippen LogP contribution is -2.09. The number of fused-ring (bicyclic) bond motifs is 1. The third kappa shape index (κ3) is 2.30. The molecule has 0 fully saturated rings. The SMILES string of the molecule is CS(=O)c1nncn1-c1cc(-c2ccccc2)nc2ncnn12. The Bertz CT molecular complexity index is 1010. The maximum atomic E-state index is 11.9. The molecule has 1 atom stereocenters. The highest BCUT2D eigenvalue weighted by atomic mass is 32.2. The Labute approximate surface area is 133 Å². The first-order valence-electron chi connectivity index (χ1n) is 6.74. The molecule has 1 aromatic carbocycles. The second-order valence-corrected chi connectivity index (χ2v) is 6.05. The normalized spacial score (nSPS) is 12.6. The number of rotatable bonds is 3. The van der Waals surface area contributed by atoms with Crippen LogP contribution in [0.4, 0.5) is 0 Å². The molecule has 0 saturated heterocycles. The van der Waals surface area contributed by atoms with Gasteiger partial charge in [0.2, 0.25) is 5.16 Å². The Morgan fingerprint density at radius 3 is 2.78 bits per heavy atom. The minimum atomic E-state index is -1.28. The summed E-state index contributed by atoms with van der Waals surface area (Å²) in [5.41, 5.74) is 1.69. The van der Waals surface area contributed by atoms with E-state index in [9.17, 15) is 4.21 Å². The lowest BCUT2D eigenvalue weighted by atomic mass is 10.1. The summed E-state index contributed by atoms with van der Waals surface area (Å²) < 4.78 is 15.0. The van der Waals surface area contributed by atoms with Gasteiger partial charge in [-0.25, -0.2) is 4.98 Å². The fourth-order valence-corrected chi connectivity index (χ4v) is 2.88. The highest BCUT2D eigenvalue weighted by molar-refractivity contribution is 7.84. The van der Waals surface area contributed by atoms with Gasteiger partial charge in [-0.2, -0.15) is 14.6 Å². The van der Waals surface area contributed by atoms with E-state index in [0.717, 1.165) is 11.3 Å². The predicted octanol–water partition coefficient (Wildman–Crippen LogP) is 1.11. The van der Waals surface area contributed by atoms with Crippen LogP contribution < -0.4 is 0 Å². The Morgan fingerprint density at radius 2 is 2.00 bits per heavy atom. The highest BCUT2D eigenvalue weighted by Gasteiger charge is 2.16. The molecule has 3 heterocycles. The first kappa shape index (κ1) is 13.7. The van der Waals surface area contributed by atoms with Gasteiger partial charge < -0.3 is 0 Å². The number of benzene rings is 1. The van der Waals surface area contributed by atoms with Crippen LogP contribution in [0.25, 0.3) is 22.9 Å². The second kappa shape index (κ2) is 5.36. The number of aromatic nitrogens is 7. The molecule has 23 heavy (non-hydrogen) atoms. The third-order valence-electron chi connectivity index (χ3n) is 3.32. The summed E-state index contributed by atoms with van der Waals surface area (Å²) in [7, 11) is -1.28. The van der Waals surface area contributed by atoms with E-state index in [4.69, 9.17) is 0 Å². The monoisotopic (exact) mass is 325 g/mol. The summed E-state index contributed by atoms with van der Waals surface area (Å²) in [6.45, 7) is 0. The van der Waals surface area contributed by atoms with Crippen LogP contribution in [0.1, 0.15) is 0 Å². The molecular formula is C14H11N7OS. The van der Waals surface area contributed by atoms with Crippen molar-refractivity contribution in [1.82, 2.24) is 34.3 Å². The van der Waals surface area contributed by atoms with Gasteiger partial charge >= 0.3 is 0 Å². The Balaban J connectivity index is 2.00. The van der Waals surface area contributed by atoms with Crippen molar-refractivity contribution in [3.8, 4) is 17.1 Å². The van der Waals surface area contributed by atoms with Gasteiger partial charge in [-0.05, 0) is 0 Å². The number of nitrogens with zero attached hydrogens (tertiary/aromatic N) is 7. The van der Waals surface area contributed by atoms with Crippen LogP contribution in [0.3, 0.4) is 0 Å². The maximum absolute atomic E-state index is 11.9. The first-order chi connectivity index (χ1) is 11.2. The molecule has 114 valence electrons. The molecule has 0 bridgehead atoms. The van der Waals surface area contributed by atoms with E-state index in [1.165, 1.54) is 12.7 Å². The minimum Gasteiger partial charge on any atom is -0.258 e. The van der Waals surface area contributed by atoms with Gasteiger partial charge in [-0.1, -0.05) is 30.3 Å². The Morgan fingerprint density at radius 1 is 1.17 bits per heavy atom. The van der Waals surface area contributed by atoms with Gasteiger partial charge in [0.1, 0.15) is 18.5 Å². The smallest absolute Gasteiger partial charge is 0.254 e. The molecule has 0 amide bonds. The van der Waals surface area contributed by atoms with Crippen LogP contribution in [-0.2, 0) is 10.8 Å². The number of hydrogen-bond acceptors (Lipinski definition) is 6. The van der Waals surface area contributed by atoms with Crippen LogP contribution in [-0.4, -0.2) is 44.8 Å². The van der Waals surface area contributed by atoms with E-state index in [1.54, 1.807) is 15.3 Å². The van der Waals surface area contributed by atoms with Gasteiger partial charge in [-0.15, -0.1) is 10.2 Å². The molecule has 4 rings (SSSR count). The van der Waals surface area contributed by atoms with Crippen molar-refractivity contribution in [2.45, 2.75) is 5.16 Å². The lowest BCUT2D eigenvalue weighted by Gasteiger charge is -2.09. The predicted molar refractivity (Wildman–Crippen MR) is 83.5 cm³/mol. The van der Waals surface area contributed by atoms with Crippen molar-refractivity contribution in [3.63, 3.8) is 0 Å². The van der Waals surface area contributed by atoms with Gasteiger partial charge in [0.15, 0.2) is 0 Å². The molecule has 0 spiro atoms. The maximum Gasteiger partial charge on any atom is 0.254 e. The molecule has 0 aliphatic rings. The van der Waals surface area contributed by atoms with E-state index < -0.39 is 10.8 Å².